The van der Waals surface area contributed by atoms with Gasteiger partial charge in [0.2, 0.25) is 11.8 Å². The minimum Gasteiger partial charge on any atom is -0.473 e. The smallest absolute Gasteiger partial charge is 0.238 e. The summed E-state index contributed by atoms with van der Waals surface area (Å²) in [5.41, 5.74) is 0.648. The van der Waals surface area contributed by atoms with Crippen LogP contribution in [-0.2, 0) is 4.79 Å². The highest BCUT2D eigenvalue weighted by Crippen LogP contribution is 2.23. The molecule has 1 aromatic heterocycles. The number of aromatic nitrogens is 1. The Morgan fingerprint density at radius 3 is 3.15 bits per heavy atom. The van der Waals surface area contributed by atoms with E-state index in [2.05, 4.69) is 15.6 Å². The number of hydrogen-bond acceptors (Lipinski definition) is 4. The predicted octanol–water partition coefficient (Wildman–Crippen LogP) is 2.20. The third-order valence-corrected chi connectivity index (χ3v) is 3.27. The third-order valence-electron chi connectivity index (χ3n) is 3.27. The van der Waals surface area contributed by atoms with Crippen LogP contribution in [-0.4, -0.2) is 30.1 Å². The molecule has 1 aliphatic rings. The van der Waals surface area contributed by atoms with Crippen LogP contribution in [0.5, 0.6) is 5.88 Å². The maximum atomic E-state index is 12.1. The van der Waals surface area contributed by atoms with Gasteiger partial charge in [0.15, 0.2) is 0 Å². The molecule has 0 saturated carbocycles. The molecule has 0 aromatic carbocycles. The van der Waals surface area contributed by atoms with Crippen molar-refractivity contribution in [2.45, 2.75) is 39.2 Å². The predicted molar refractivity (Wildman–Crippen MR) is 78.8 cm³/mol. The van der Waals surface area contributed by atoms with E-state index in [1.807, 2.05) is 19.9 Å². The Labute approximate surface area is 120 Å². The Morgan fingerprint density at radius 2 is 2.45 bits per heavy atom. The van der Waals surface area contributed by atoms with Gasteiger partial charge < -0.3 is 15.4 Å². The fraction of sp³-hybridized carbons (Fsp3) is 0.600. The van der Waals surface area contributed by atoms with Gasteiger partial charge in [0, 0.05) is 12.6 Å². The highest BCUT2D eigenvalue weighted by atomic mass is 16.5. The van der Waals surface area contributed by atoms with Crippen molar-refractivity contribution in [2.24, 2.45) is 5.92 Å². The van der Waals surface area contributed by atoms with E-state index in [0.717, 1.165) is 25.9 Å². The first-order valence-electron chi connectivity index (χ1n) is 7.27. The number of hydrogen-bond donors (Lipinski definition) is 2. The van der Waals surface area contributed by atoms with Gasteiger partial charge >= 0.3 is 0 Å². The fourth-order valence-corrected chi connectivity index (χ4v) is 2.36. The minimum atomic E-state index is 0.0281. The average Bonchev–Trinajstić information content (AvgIpc) is 2.41. The number of anilines is 1. The summed E-state index contributed by atoms with van der Waals surface area (Å²) in [6, 6.07) is 3.62. The first-order chi connectivity index (χ1) is 9.65. The molecule has 1 aromatic rings. The molecule has 1 unspecified atom stereocenters. The number of piperidine rings is 1. The lowest BCUT2D eigenvalue weighted by Crippen LogP contribution is -2.32. The molecule has 0 aliphatic carbocycles. The summed E-state index contributed by atoms with van der Waals surface area (Å²) in [7, 11) is 0. The molecule has 1 amide bonds. The van der Waals surface area contributed by atoms with Crippen molar-refractivity contribution in [3.8, 4) is 5.88 Å². The van der Waals surface area contributed by atoms with Crippen LogP contribution < -0.4 is 15.4 Å². The molecule has 2 rings (SSSR count). The standard InChI is InChI=1S/C15H23N3O2/c1-11(2)20-15-13(6-4-8-17-15)18-14(19)9-12-5-3-7-16-10-12/h4,6,8,11-12,16H,3,5,7,9-10H2,1-2H3,(H,18,19). The number of nitrogens with one attached hydrogen (secondary N) is 2. The van der Waals surface area contributed by atoms with Crippen LogP contribution in [0.25, 0.3) is 0 Å². The molecule has 1 fully saturated rings. The van der Waals surface area contributed by atoms with Gasteiger partial charge in [0.05, 0.1) is 6.10 Å². The molecule has 2 heterocycles. The van der Waals surface area contributed by atoms with Crippen molar-refractivity contribution < 1.29 is 9.53 Å². The zero-order valence-corrected chi connectivity index (χ0v) is 12.2. The van der Waals surface area contributed by atoms with Gasteiger partial charge in [-0.25, -0.2) is 4.98 Å². The summed E-state index contributed by atoms with van der Waals surface area (Å²) in [4.78, 5) is 16.3. The highest BCUT2D eigenvalue weighted by molar-refractivity contribution is 5.92. The molecule has 5 heteroatoms. The monoisotopic (exact) mass is 277 g/mol. The number of rotatable bonds is 5. The van der Waals surface area contributed by atoms with Gasteiger partial charge in [0.25, 0.3) is 0 Å². The number of amides is 1. The van der Waals surface area contributed by atoms with Crippen LogP contribution in [0.1, 0.15) is 33.1 Å². The van der Waals surface area contributed by atoms with Crippen LogP contribution in [0.2, 0.25) is 0 Å². The van der Waals surface area contributed by atoms with Gasteiger partial charge in [0.1, 0.15) is 5.69 Å². The molecule has 5 nitrogen and oxygen atoms in total. The van der Waals surface area contributed by atoms with Gasteiger partial charge in [-0.15, -0.1) is 0 Å². The van der Waals surface area contributed by atoms with Crippen molar-refractivity contribution in [3.05, 3.63) is 18.3 Å². The third kappa shape index (κ3) is 4.49. The molecule has 0 spiro atoms. The summed E-state index contributed by atoms with van der Waals surface area (Å²) < 4.78 is 5.60. The molecule has 1 aliphatic heterocycles. The van der Waals surface area contributed by atoms with Crippen molar-refractivity contribution in [3.63, 3.8) is 0 Å². The van der Waals surface area contributed by atoms with Crippen LogP contribution in [0, 0.1) is 5.92 Å². The van der Waals surface area contributed by atoms with E-state index in [-0.39, 0.29) is 12.0 Å². The second-order valence-corrected chi connectivity index (χ2v) is 5.49. The van der Waals surface area contributed by atoms with E-state index >= 15 is 0 Å². The SMILES string of the molecule is CC(C)Oc1ncccc1NC(=O)CC1CCCNC1. The topological polar surface area (TPSA) is 63.2 Å². The Kier molecular flexibility index (Phi) is 5.35. The van der Waals surface area contributed by atoms with Gasteiger partial charge in [-0.3, -0.25) is 4.79 Å². The summed E-state index contributed by atoms with van der Waals surface area (Å²) in [5, 5.41) is 6.23. The largest absolute Gasteiger partial charge is 0.473 e. The van der Waals surface area contributed by atoms with Crippen LogP contribution >= 0.6 is 0 Å². The molecule has 1 saturated heterocycles. The lowest BCUT2D eigenvalue weighted by Gasteiger charge is -2.22. The van der Waals surface area contributed by atoms with Crippen LogP contribution in [0.3, 0.4) is 0 Å². The number of pyridine rings is 1. The summed E-state index contributed by atoms with van der Waals surface area (Å²) >= 11 is 0. The quantitative estimate of drug-likeness (QED) is 0.866. The Hall–Kier alpha value is -1.62. The van der Waals surface area contributed by atoms with Crippen molar-refractivity contribution >= 4 is 11.6 Å². The fourth-order valence-electron chi connectivity index (χ4n) is 2.36. The first-order valence-corrected chi connectivity index (χ1v) is 7.27. The normalized spacial score (nSPS) is 18.9. The van der Waals surface area contributed by atoms with E-state index < -0.39 is 0 Å². The lowest BCUT2D eigenvalue weighted by atomic mass is 9.96. The number of carbonyl (C=O) groups is 1. The summed E-state index contributed by atoms with van der Waals surface area (Å²) in [6.07, 6.45) is 4.50. The molecule has 110 valence electrons. The van der Waals surface area contributed by atoms with Gasteiger partial charge in [-0.2, -0.15) is 0 Å². The minimum absolute atomic E-state index is 0.0281. The zero-order chi connectivity index (χ0) is 14.4. The van der Waals surface area contributed by atoms with E-state index in [1.165, 1.54) is 0 Å². The molecule has 0 bridgehead atoms. The van der Waals surface area contributed by atoms with E-state index in [4.69, 9.17) is 4.74 Å². The van der Waals surface area contributed by atoms with E-state index in [9.17, 15) is 4.79 Å². The molecule has 20 heavy (non-hydrogen) atoms. The summed E-state index contributed by atoms with van der Waals surface area (Å²) in [5.74, 6) is 0.938. The number of ether oxygens (including phenoxy) is 1. The maximum absolute atomic E-state index is 12.1. The highest BCUT2D eigenvalue weighted by Gasteiger charge is 2.18. The molecule has 1 atom stereocenters. The van der Waals surface area contributed by atoms with Crippen molar-refractivity contribution in [1.82, 2.24) is 10.3 Å². The zero-order valence-electron chi connectivity index (χ0n) is 12.2. The maximum Gasteiger partial charge on any atom is 0.238 e. The summed E-state index contributed by atoms with van der Waals surface area (Å²) in [6.45, 7) is 5.87. The van der Waals surface area contributed by atoms with Gasteiger partial charge in [-0.05, 0) is 57.8 Å². The Balaban J connectivity index is 1.93. The first kappa shape index (κ1) is 14.8. The van der Waals surface area contributed by atoms with Crippen LogP contribution in [0.15, 0.2) is 18.3 Å². The van der Waals surface area contributed by atoms with Crippen molar-refractivity contribution in [1.29, 1.82) is 0 Å². The van der Waals surface area contributed by atoms with E-state index in [0.29, 0.717) is 23.9 Å². The Bertz CT molecular complexity index is 442. The average molecular weight is 277 g/mol. The molecular weight excluding hydrogens is 254 g/mol. The lowest BCUT2D eigenvalue weighted by molar-refractivity contribution is -0.117. The second-order valence-electron chi connectivity index (χ2n) is 5.49. The van der Waals surface area contributed by atoms with Crippen molar-refractivity contribution in [2.75, 3.05) is 18.4 Å². The van der Waals surface area contributed by atoms with E-state index in [1.54, 1.807) is 12.3 Å². The number of carbonyl (C=O) groups excluding carboxylic acids is 1. The Morgan fingerprint density at radius 1 is 1.60 bits per heavy atom. The second kappa shape index (κ2) is 7.24. The number of nitrogens with zero attached hydrogens (tertiary/aromatic N) is 1. The molecule has 2 N–H and O–H groups in total. The van der Waals surface area contributed by atoms with Crippen LogP contribution in [0.4, 0.5) is 5.69 Å². The molecular formula is C15H23N3O2. The van der Waals surface area contributed by atoms with Gasteiger partial charge in [-0.1, -0.05) is 0 Å². The molecule has 0 radical (unpaired) electrons.